The van der Waals surface area contributed by atoms with Crippen LogP contribution in [0.5, 0.6) is 0 Å². The second-order valence-corrected chi connectivity index (χ2v) is 6.77. The molecule has 2 aliphatic rings. The fraction of sp³-hybridized carbons (Fsp3) is 0.562. The monoisotopic (exact) mass is 292 g/mol. The van der Waals surface area contributed by atoms with Crippen LogP contribution in [0, 0.1) is 11.8 Å². The highest BCUT2D eigenvalue weighted by molar-refractivity contribution is 6.33. The van der Waals surface area contributed by atoms with Crippen molar-refractivity contribution < 1.29 is 4.79 Å². The number of benzene rings is 1. The van der Waals surface area contributed by atoms with Crippen molar-refractivity contribution in [3.05, 3.63) is 22.7 Å². The summed E-state index contributed by atoms with van der Waals surface area (Å²) in [5.41, 5.74) is 2.86. The maximum atomic E-state index is 11.4. The smallest absolute Gasteiger partial charge is 0.228 e. The van der Waals surface area contributed by atoms with E-state index in [-0.39, 0.29) is 5.91 Å². The highest BCUT2D eigenvalue weighted by atomic mass is 35.5. The third-order valence-electron chi connectivity index (χ3n) is 4.62. The third-order valence-corrected chi connectivity index (χ3v) is 4.93. The summed E-state index contributed by atoms with van der Waals surface area (Å²) in [4.78, 5) is 11.4. The molecule has 3 rings (SSSR count). The van der Waals surface area contributed by atoms with Crippen LogP contribution in [-0.2, 0) is 11.2 Å². The van der Waals surface area contributed by atoms with Gasteiger partial charge in [-0.05, 0) is 42.4 Å². The van der Waals surface area contributed by atoms with Crippen LogP contribution >= 0.6 is 11.6 Å². The molecule has 0 spiro atoms. The average Bonchev–Trinajstić information content (AvgIpc) is 2.73. The van der Waals surface area contributed by atoms with Crippen LogP contribution in [0.2, 0.25) is 5.02 Å². The summed E-state index contributed by atoms with van der Waals surface area (Å²) in [6.45, 7) is 4.61. The number of hydrogen-bond acceptors (Lipinski definition) is 2. The number of anilines is 2. The first-order valence-electron chi connectivity index (χ1n) is 7.41. The Kier molecular flexibility index (Phi) is 3.63. The minimum Gasteiger partial charge on any atom is -0.381 e. The summed E-state index contributed by atoms with van der Waals surface area (Å²) < 4.78 is 0. The standard InChI is InChI=1S/C16H21ClN2O/c1-9-3-4-10(2)13(5-9)18-15-6-11-7-16(20)19-14(11)8-12(15)17/h6,8-10,13,18H,3-5,7H2,1-2H3,(H,19,20). The highest BCUT2D eigenvalue weighted by Gasteiger charge is 2.27. The minimum atomic E-state index is 0.0490. The van der Waals surface area contributed by atoms with Crippen LogP contribution in [0.4, 0.5) is 11.4 Å². The van der Waals surface area contributed by atoms with E-state index >= 15 is 0 Å². The zero-order valence-corrected chi connectivity index (χ0v) is 12.8. The second-order valence-electron chi connectivity index (χ2n) is 6.36. The number of hydrogen-bond donors (Lipinski definition) is 2. The van der Waals surface area contributed by atoms with E-state index in [0.29, 0.717) is 23.4 Å². The highest BCUT2D eigenvalue weighted by Crippen LogP contribution is 2.36. The normalized spacial score (nSPS) is 28.9. The zero-order valence-electron chi connectivity index (χ0n) is 12.0. The van der Waals surface area contributed by atoms with Crippen LogP contribution in [-0.4, -0.2) is 11.9 Å². The molecule has 1 amide bonds. The number of amides is 1. The Labute approximate surface area is 125 Å². The third kappa shape index (κ3) is 2.64. The molecule has 20 heavy (non-hydrogen) atoms. The molecule has 108 valence electrons. The molecule has 3 nitrogen and oxygen atoms in total. The molecular weight excluding hydrogens is 272 g/mol. The van der Waals surface area contributed by atoms with Crippen molar-refractivity contribution in [1.82, 2.24) is 0 Å². The number of carbonyl (C=O) groups is 1. The second kappa shape index (κ2) is 5.28. The number of nitrogens with one attached hydrogen (secondary N) is 2. The summed E-state index contributed by atoms with van der Waals surface area (Å²) in [7, 11) is 0. The van der Waals surface area contributed by atoms with Crippen LogP contribution in [0.3, 0.4) is 0 Å². The maximum absolute atomic E-state index is 11.4. The van der Waals surface area contributed by atoms with Gasteiger partial charge in [-0.15, -0.1) is 0 Å². The van der Waals surface area contributed by atoms with E-state index in [4.69, 9.17) is 11.6 Å². The van der Waals surface area contributed by atoms with Crippen molar-refractivity contribution in [3.8, 4) is 0 Å². The van der Waals surface area contributed by atoms with Crippen molar-refractivity contribution in [3.63, 3.8) is 0 Å². The van der Waals surface area contributed by atoms with Gasteiger partial charge < -0.3 is 10.6 Å². The van der Waals surface area contributed by atoms with Crippen LogP contribution in [0.1, 0.15) is 38.7 Å². The first kappa shape index (κ1) is 13.7. The van der Waals surface area contributed by atoms with Gasteiger partial charge in [-0.1, -0.05) is 31.9 Å². The van der Waals surface area contributed by atoms with Crippen LogP contribution in [0.25, 0.3) is 0 Å². The van der Waals surface area contributed by atoms with Crippen molar-refractivity contribution in [2.45, 2.75) is 45.6 Å². The van der Waals surface area contributed by atoms with E-state index in [1.807, 2.05) is 12.1 Å². The largest absolute Gasteiger partial charge is 0.381 e. The average molecular weight is 293 g/mol. The lowest BCUT2D eigenvalue weighted by atomic mass is 9.80. The topological polar surface area (TPSA) is 41.1 Å². The summed E-state index contributed by atoms with van der Waals surface area (Å²) in [6.07, 6.45) is 4.22. The molecule has 2 N–H and O–H groups in total. The Balaban J connectivity index is 1.81. The van der Waals surface area contributed by atoms with Crippen LogP contribution in [0.15, 0.2) is 12.1 Å². The Morgan fingerprint density at radius 2 is 2.10 bits per heavy atom. The molecule has 3 atom stereocenters. The maximum Gasteiger partial charge on any atom is 0.228 e. The predicted molar refractivity (Wildman–Crippen MR) is 83.4 cm³/mol. The molecule has 0 saturated heterocycles. The minimum absolute atomic E-state index is 0.0490. The van der Waals surface area contributed by atoms with Crippen molar-refractivity contribution in [2.75, 3.05) is 10.6 Å². The van der Waals surface area contributed by atoms with E-state index in [0.717, 1.165) is 22.9 Å². The lowest BCUT2D eigenvalue weighted by molar-refractivity contribution is -0.115. The van der Waals surface area contributed by atoms with Gasteiger partial charge in [0, 0.05) is 11.7 Å². The fourth-order valence-corrected chi connectivity index (χ4v) is 3.51. The molecule has 1 aliphatic carbocycles. The zero-order chi connectivity index (χ0) is 14.3. The molecule has 4 heteroatoms. The van der Waals surface area contributed by atoms with E-state index in [1.54, 1.807) is 0 Å². The van der Waals surface area contributed by atoms with E-state index < -0.39 is 0 Å². The van der Waals surface area contributed by atoms with Crippen LogP contribution < -0.4 is 10.6 Å². The number of rotatable bonds is 2. The predicted octanol–water partition coefficient (Wildman–Crippen LogP) is 4.07. The Morgan fingerprint density at radius 1 is 1.30 bits per heavy atom. The molecule has 1 aromatic rings. The quantitative estimate of drug-likeness (QED) is 0.862. The lowest BCUT2D eigenvalue weighted by Crippen LogP contribution is -2.33. The molecule has 1 heterocycles. The molecule has 0 bridgehead atoms. The first-order chi connectivity index (χ1) is 9.52. The van der Waals surface area contributed by atoms with E-state index in [2.05, 4.69) is 24.5 Å². The van der Waals surface area contributed by atoms with E-state index in [1.165, 1.54) is 19.3 Å². The molecule has 1 aromatic carbocycles. The Morgan fingerprint density at radius 3 is 2.90 bits per heavy atom. The van der Waals surface area contributed by atoms with Gasteiger partial charge in [0.2, 0.25) is 5.91 Å². The molecule has 1 saturated carbocycles. The van der Waals surface area contributed by atoms with Crippen molar-refractivity contribution in [2.24, 2.45) is 11.8 Å². The van der Waals surface area contributed by atoms with E-state index in [9.17, 15) is 4.79 Å². The SMILES string of the molecule is CC1CCC(C)C(Nc2cc3c(cc2Cl)NC(=O)C3)C1. The lowest BCUT2D eigenvalue weighted by Gasteiger charge is -2.34. The Hall–Kier alpha value is -1.22. The Bertz CT molecular complexity index is 544. The number of halogens is 1. The fourth-order valence-electron chi connectivity index (χ4n) is 3.29. The molecule has 0 radical (unpaired) electrons. The summed E-state index contributed by atoms with van der Waals surface area (Å²) in [5.74, 6) is 1.48. The van der Waals surface area contributed by atoms with Crippen molar-refractivity contribution in [1.29, 1.82) is 0 Å². The first-order valence-corrected chi connectivity index (χ1v) is 7.79. The van der Waals surface area contributed by atoms with Gasteiger partial charge in [-0.2, -0.15) is 0 Å². The molecule has 1 aliphatic heterocycles. The molecular formula is C16H21ClN2O. The molecule has 1 fully saturated rings. The van der Waals surface area contributed by atoms with Gasteiger partial charge in [-0.3, -0.25) is 4.79 Å². The summed E-state index contributed by atoms with van der Waals surface area (Å²) >= 11 is 6.35. The molecule has 3 unspecified atom stereocenters. The van der Waals surface area contributed by atoms with Gasteiger partial charge in [-0.25, -0.2) is 0 Å². The molecule has 0 aromatic heterocycles. The van der Waals surface area contributed by atoms with Crippen molar-refractivity contribution >= 4 is 28.9 Å². The van der Waals surface area contributed by atoms with Gasteiger partial charge in [0.25, 0.3) is 0 Å². The van der Waals surface area contributed by atoms with Gasteiger partial charge in [0.1, 0.15) is 0 Å². The number of fused-ring (bicyclic) bond motifs is 1. The number of carbonyl (C=O) groups excluding carboxylic acids is 1. The van der Waals surface area contributed by atoms with Gasteiger partial charge >= 0.3 is 0 Å². The van der Waals surface area contributed by atoms with Gasteiger partial charge in [0.15, 0.2) is 0 Å². The summed E-state index contributed by atoms with van der Waals surface area (Å²) in [5, 5.41) is 7.13. The summed E-state index contributed by atoms with van der Waals surface area (Å²) in [6, 6.07) is 4.36. The van der Waals surface area contributed by atoms with Gasteiger partial charge in [0.05, 0.1) is 17.1 Å².